The summed E-state index contributed by atoms with van der Waals surface area (Å²) in [7, 11) is 0. The molecule has 1 rings (SSSR count). The summed E-state index contributed by atoms with van der Waals surface area (Å²) in [6.07, 6.45) is 6.40. The Labute approximate surface area is 137 Å². The molecule has 0 aliphatic rings. The predicted molar refractivity (Wildman–Crippen MR) is 85.5 cm³/mol. The zero-order valence-electron chi connectivity index (χ0n) is 13.7. The van der Waals surface area contributed by atoms with Gasteiger partial charge < -0.3 is 5.11 Å². The van der Waals surface area contributed by atoms with Crippen LogP contribution in [0.15, 0.2) is 18.2 Å². The van der Waals surface area contributed by atoms with E-state index >= 15 is 0 Å². The van der Waals surface area contributed by atoms with Gasteiger partial charge in [-0.1, -0.05) is 44.7 Å². The summed E-state index contributed by atoms with van der Waals surface area (Å²) in [6, 6.07) is 3.91. The fraction of sp³-hybridized carbons (Fsp3) is 0.647. The normalized spacial score (nSPS) is 11.8. The molecule has 0 saturated heterocycles. The molecular formula is C17H27F2LiO. The number of rotatable bonds is 8. The van der Waals surface area contributed by atoms with E-state index in [0.717, 1.165) is 31.7 Å². The SMILES string of the molecule is CCCCCCC(O)c1cccc(F)c1F.[Li][CH2]CCC. The monoisotopic (exact) mass is 292 g/mol. The fourth-order valence-corrected chi connectivity index (χ4v) is 2.05. The molecule has 0 fully saturated rings. The summed E-state index contributed by atoms with van der Waals surface area (Å²) < 4.78 is 26.2. The number of hydrogen-bond donors (Lipinski definition) is 1. The van der Waals surface area contributed by atoms with Crippen LogP contribution in [0.25, 0.3) is 0 Å². The van der Waals surface area contributed by atoms with Gasteiger partial charge in [-0.25, -0.2) is 8.78 Å². The molecule has 1 aromatic carbocycles. The minimum atomic E-state index is -0.925. The van der Waals surface area contributed by atoms with Gasteiger partial charge in [0.1, 0.15) is 0 Å². The first-order valence-electron chi connectivity index (χ1n) is 8.20. The van der Waals surface area contributed by atoms with Crippen LogP contribution in [-0.4, -0.2) is 22.8 Å². The van der Waals surface area contributed by atoms with E-state index in [9.17, 15) is 13.9 Å². The molecule has 1 atom stereocenters. The molecule has 0 spiro atoms. The minimum absolute atomic E-state index is 0.0662. The van der Waals surface area contributed by atoms with Gasteiger partial charge >= 0.3 is 42.6 Å². The van der Waals surface area contributed by atoms with Gasteiger partial charge in [0.15, 0.2) is 11.6 Å². The van der Waals surface area contributed by atoms with Gasteiger partial charge in [-0.05, 0) is 12.5 Å². The average Bonchev–Trinajstić information content (AvgIpc) is 2.48. The van der Waals surface area contributed by atoms with Crippen molar-refractivity contribution in [3.63, 3.8) is 0 Å². The Kier molecular flexibility index (Phi) is 13.1. The van der Waals surface area contributed by atoms with Crippen molar-refractivity contribution in [2.75, 3.05) is 0 Å². The van der Waals surface area contributed by atoms with E-state index in [1.54, 1.807) is 0 Å². The third kappa shape index (κ3) is 9.29. The quantitative estimate of drug-likeness (QED) is 0.506. The Morgan fingerprint density at radius 2 is 1.71 bits per heavy atom. The van der Waals surface area contributed by atoms with E-state index in [0.29, 0.717) is 6.42 Å². The first kappa shape index (κ1) is 20.6. The van der Waals surface area contributed by atoms with Crippen molar-refractivity contribution in [3.8, 4) is 0 Å². The van der Waals surface area contributed by atoms with Gasteiger partial charge in [-0.3, -0.25) is 0 Å². The second kappa shape index (κ2) is 13.3. The van der Waals surface area contributed by atoms with Crippen LogP contribution in [0.4, 0.5) is 8.78 Å². The van der Waals surface area contributed by atoms with Crippen molar-refractivity contribution in [2.24, 2.45) is 0 Å². The van der Waals surface area contributed by atoms with Crippen molar-refractivity contribution < 1.29 is 13.9 Å². The second-order valence-electron chi connectivity index (χ2n) is 5.36. The molecular weight excluding hydrogens is 265 g/mol. The van der Waals surface area contributed by atoms with Gasteiger partial charge in [0, 0.05) is 5.56 Å². The van der Waals surface area contributed by atoms with Crippen molar-refractivity contribution >= 4 is 17.7 Å². The topological polar surface area (TPSA) is 20.2 Å². The average molecular weight is 292 g/mol. The molecule has 0 aliphatic heterocycles. The van der Waals surface area contributed by atoms with Crippen molar-refractivity contribution in [3.05, 3.63) is 35.4 Å². The Morgan fingerprint density at radius 3 is 2.24 bits per heavy atom. The van der Waals surface area contributed by atoms with Crippen molar-refractivity contribution in [1.29, 1.82) is 0 Å². The zero-order valence-corrected chi connectivity index (χ0v) is 13.7. The Morgan fingerprint density at radius 1 is 1.05 bits per heavy atom. The molecule has 0 heterocycles. The van der Waals surface area contributed by atoms with Crippen LogP contribution < -0.4 is 0 Å². The molecule has 0 aliphatic carbocycles. The summed E-state index contributed by atoms with van der Waals surface area (Å²) in [5.41, 5.74) is 0.0662. The van der Waals surface area contributed by atoms with Gasteiger partial charge in [0.25, 0.3) is 0 Å². The standard InChI is InChI=1S/C13H18F2O.C4H9.Li/c1-2-3-4-5-9-12(16)10-7-6-8-11(14)13(10)15;1-3-4-2;/h6-8,12,16H,2-5,9H2,1H3;1,3-4H2,2H3;. The van der Waals surface area contributed by atoms with E-state index < -0.39 is 17.7 Å². The molecule has 0 bridgehead atoms. The summed E-state index contributed by atoms with van der Waals surface area (Å²) in [4.78, 5) is 0. The molecule has 0 saturated carbocycles. The van der Waals surface area contributed by atoms with Gasteiger partial charge in [-0.2, -0.15) is 0 Å². The molecule has 1 N–H and O–H groups in total. The molecule has 1 aromatic rings. The van der Waals surface area contributed by atoms with Crippen molar-refractivity contribution in [1.82, 2.24) is 0 Å². The Balaban J connectivity index is 0.000000690. The first-order valence-corrected chi connectivity index (χ1v) is 8.20. The van der Waals surface area contributed by atoms with E-state index in [1.165, 1.54) is 30.1 Å². The van der Waals surface area contributed by atoms with Crippen LogP contribution in [0.2, 0.25) is 5.09 Å². The molecule has 1 nitrogen and oxygen atoms in total. The number of unbranched alkanes of at least 4 members (excludes halogenated alkanes) is 4. The fourth-order valence-electron chi connectivity index (χ4n) is 2.05. The summed E-state index contributed by atoms with van der Waals surface area (Å²) >= 11 is 2.21. The zero-order chi connectivity index (χ0) is 16.1. The van der Waals surface area contributed by atoms with Crippen molar-refractivity contribution in [2.45, 2.75) is 70.0 Å². The first-order chi connectivity index (χ1) is 10.1. The summed E-state index contributed by atoms with van der Waals surface area (Å²) in [5, 5.41) is 11.1. The molecule has 0 aromatic heterocycles. The molecule has 0 amide bonds. The van der Waals surface area contributed by atoms with Crippen LogP contribution >= 0.6 is 0 Å². The third-order valence-electron chi connectivity index (χ3n) is 3.38. The number of benzene rings is 1. The number of halogens is 2. The van der Waals surface area contributed by atoms with E-state index in [-0.39, 0.29) is 5.56 Å². The second-order valence-corrected chi connectivity index (χ2v) is 5.36. The predicted octanol–water partition coefficient (Wildman–Crippen LogP) is 5.34. The molecule has 0 radical (unpaired) electrons. The summed E-state index contributed by atoms with van der Waals surface area (Å²) in [6.45, 7) is 4.31. The van der Waals surface area contributed by atoms with Crippen LogP contribution in [0.5, 0.6) is 0 Å². The van der Waals surface area contributed by atoms with Gasteiger partial charge in [-0.15, -0.1) is 0 Å². The molecule has 1 unspecified atom stereocenters. The number of aliphatic hydroxyl groups is 1. The van der Waals surface area contributed by atoms with Crippen LogP contribution in [0.3, 0.4) is 0 Å². The van der Waals surface area contributed by atoms with Gasteiger partial charge in [0.05, 0.1) is 6.10 Å². The van der Waals surface area contributed by atoms with Crippen LogP contribution in [-0.2, 0) is 0 Å². The van der Waals surface area contributed by atoms with E-state index in [1.807, 2.05) is 0 Å². The number of hydrogen-bond acceptors (Lipinski definition) is 1. The Bertz CT molecular complexity index is 370. The third-order valence-corrected chi connectivity index (χ3v) is 3.38. The molecule has 116 valence electrons. The molecule has 21 heavy (non-hydrogen) atoms. The van der Waals surface area contributed by atoms with Gasteiger partial charge in [0.2, 0.25) is 0 Å². The molecule has 4 heteroatoms. The van der Waals surface area contributed by atoms with E-state index in [4.69, 9.17) is 0 Å². The summed E-state index contributed by atoms with van der Waals surface area (Å²) in [5.74, 6) is -1.82. The number of aliphatic hydroxyl groups excluding tert-OH is 1. The maximum atomic E-state index is 13.3. The maximum absolute atomic E-state index is 13.3. The Hall–Kier alpha value is -0.363. The van der Waals surface area contributed by atoms with Crippen LogP contribution in [0, 0.1) is 11.6 Å². The van der Waals surface area contributed by atoms with E-state index in [2.05, 4.69) is 31.6 Å². The van der Waals surface area contributed by atoms with Crippen LogP contribution in [0.1, 0.15) is 70.5 Å².